The van der Waals surface area contributed by atoms with E-state index in [2.05, 4.69) is 19.2 Å². The number of amides is 2. The molecule has 1 saturated carbocycles. The summed E-state index contributed by atoms with van der Waals surface area (Å²) in [6.45, 7) is 6.52. The van der Waals surface area contributed by atoms with E-state index >= 15 is 0 Å². The second-order valence-corrected chi connectivity index (χ2v) is 8.93. The molecule has 0 aliphatic heterocycles. The summed E-state index contributed by atoms with van der Waals surface area (Å²) in [5.41, 5.74) is 2.22. The molecular weight excluding hydrogens is 400 g/mol. The Bertz CT molecular complexity index is 858. The smallest absolute Gasteiger partial charge is 0.261 e. The van der Waals surface area contributed by atoms with Gasteiger partial charge in [-0.25, -0.2) is 0 Å². The van der Waals surface area contributed by atoms with Crippen molar-refractivity contribution in [3.8, 4) is 5.75 Å². The van der Waals surface area contributed by atoms with Crippen molar-refractivity contribution in [2.24, 2.45) is 0 Å². The molecule has 0 unspecified atom stereocenters. The number of ether oxygens (including phenoxy) is 1. The van der Waals surface area contributed by atoms with Crippen molar-refractivity contribution in [3.05, 3.63) is 65.7 Å². The van der Waals surface area contributed by atoms with Crippen molar-refractivity contribution in [2.45, 2.75) is 77.4 Å². The Morgan fingerprint density at radius 2 is 1.69 bits per heavy atom. The van der Waals surface area contributed by atoms with E-state index in [1.54, 1.807) is 4.90 Å². The summed E-state index contributed by atoms with van der Waals surface area (Å²) in [7, 11) is 0. The summed E-state index contributed by atoms with van der Waals surface area (Å²) in [6.07, 6.45) is 4.89. The van der Waals surface area contributed by atoms with Gasteiger partial charge in [0.2, 0.25) is 5.91 Å². The lowest BCUT2D eigenvalue weighted by Gasteiger charge is -2.31. The van der Waals surface area contributed by atoms with Crippen LogP contribution in [0.1, 0.15) is 69.9 Å². The van der Waals surface area contributed by atoms with Crippen LogP contribution in [0.5, 0.6) is 5.75 Å². The van der Waals surface area contributed by atoms with E-state index in [0.29, 0.717) is 24.6 Å². The highest BCUT2D eigenvalue weighted by atomic mass is 16.5. The Morgan fingerprint density at radius 1 is 1.03 bits per heavy atom. The minimum absolute atomic E-state index is 0.0648. The van der Waals surface area contributed by atoms with E-state index in [1.807, 2.05) is 61.5 Å². The molecule has 1 aliphatic carbocycles. The van der Waals surface area contributed by atoms with Gasteiger partial charge < -0.3 is 15.0 Å². The van der Waals surface area contributed by atoms with E-state index in [9.17, 15) is 9.59 Å². The number of hydrogen-bond donors (Lipinski definition) is 1. The van der Waals surface area contributed by atoms with E-state index in [1.165, 1.54) is 5.56 Å². The van der Waals surface area contributed by atoms with Crippen molar-refractivity contribution in [1.29, 1.82) is 0 Å². The molecule has 0 radical (unpaired) electrons. The molecule has 0 aromatic heterocycles. The quantitative estimate of drug-likeness (QED) is 0.567. The number of carbonyl (C=O) groups is 2. The molecule has 1 fully saturated rings. The number of nitrogens with one attached hydrogen (secondary N) is 1. The molecule has 2 aromatic rings. The van der Waals surface area contributed by atoms with Crippen molar-refractivity contribution < 1.29 is 14.3 Å². The molecule has 2 aromatic carbocycles. The van der Waals surface area contributed by atoms with Crippen LogP contribution in [0.25, 0.3) is 0 Å². The van der Waals surface area contributed by atoms with Crippen LogP contribution in [-0.2, 0) is 16.1 Å². The van der Waals surface area contributed by atoms with Crippen molar-refractivity contribution >= 4 is 11.8 Å². The summed E-state index contributed by atoms with van der Waals surface area (Å²) in [5.74, 6) is 0.849. The summed E-state index contributed by atoms with van der Waals surface area (Å²) >= 11 is 0. The summed E-state index contributed by atoms with van der Waals surface area (Å²) in [4.78, 5) is 28.0. The first-order valence-electron chi connectivity index (χ1n) is 11.8. The fourth-order valence-corrected chi connectivity index (χ4v) is 4.24. The largest absolute Gasteiger partial charge is 0.484 e. The standard InChI is InChI=1S/C27H36N2O3/c1-4-25(27(31)28-23-12-8-9-13-23)29(18-21-10-6-5-7-11-21)26(30)19-32-24-16-14-22(15-17-24)20(2)3/h5-7,10-11,14-17,20,23,25H,4,8-9,12-13,18-19H2,1-3H3,(H,28,31)/t25-/m0/s1. The van der Waals surface area contributed by atoms with Gasteiger partial charge in [-0.05, 0) is 48.4 Å². The van der Waals surface area contributed by atoms with Crippen LogP contribution in [0, 0.1) is 0 Å². The van der Waals surface area contributed by atoms with Crippen LogP contribution < -0.4 is 10.1 Å². The molecule has 1 N–H and O–H groups in total. The lowest BCUT2D eigenvalue weighted by molar-refractivity contribution is -0.143. The SMILES string of the molecule is CC[C@@H](C(=O)NC1CCCC1)N(Cc1ccccc1)C(=O)COc1ccc(C(C)C)cc1. The highest BCUT2D eigenvalue weighted by Crippen LogP contribution is 2.21. The molecule has 1 aliphatic rings. The predicted octanol–water partition coefficient (Wildman–Crippen LogP) is 5.06. The highest BCUT2D eigenvalue weighted by Gasteiger charge is 2.30. The third-order valence-corrected chi connectivity index (χ3v) is 6.19. The van der Waals surface area contributed by atoms with Crippen LogP contribution >= 0.6 is 0 Å². The van der Waals surface area contributed by atoms with Gasteiger partial charge >= 0.3 is 0 Å². The number of carbonyl (C=O) groups excluding carboxylic acids is 2. The van der Waals surface area contributed by atoms with Gasteiger partial charge in [0.25, 0.3) is 5.91 Å². The van der Waals surface area contributed by atoms with Gasteiger partial charge in [-0.3, -0.25) is 9.59 Å². The van der Waals surface area contributed by atoms with Crippen molar-refractivity contribution in [2.75, 3.05) is 6.61 Å². The monoisotopic (exact) mass is 436 g/mol. The molecule has 172 valence electrons. The average Bonchev–Trinajstić information content (AvgIpc) is 3.31. The van der Waals surface area contributed by atoms with Gasteiger partial charge in [-0.1, -0.05) is 76.1 Å². The van der Waals surface area contributed by atoms with Gasteiger partial charge in [0.1, 0.15) is 11.8 Å². The van der Waals surface area contributed by atoms with Crippen LogP contribution in [0.3, 0.4) is 0 Å². The number of rotatable bonds is 10. The zero-order valence-corrected chi connectivity index (χ0v) is 19.5. The fourth-order valence-electron chi connectivity index (χ4n) is 4.24. The molecule has 0 spiro atoms. The minimum atomic E-state index is -0.518. The molecule has 0 heterocycles. The molecule has 5 heteroatoms. The average molecular weight is 437 g/mol. The predicted molar refractivity (Wildman–Crippen MR) is 127 cm³/mol. The van der Waals surface area contributed by atoms with Crippen molar-refractivity contribution in [3.63, 3.8) is 0 Å². The molecule has 1 atom stereocenters. The molecule has 0 bridgehead atoms. The lowest BCUT2D eigenvalue weighted by Crippen LogP contribution is -2.52. The van der Waals surface area contributed by atoms with E-state index in [0.717, 1.165) is 31.2 Å². The maximum Gasteiger partial charge on any atom is 0.261 e. The Morgan fingerprint density at radius 3 is 2.28 bits per heavy atom. The normalized spacial score (nSPS) is 14.9. The van der Waals surface area contributed by atoms with Gasteiger partial charge in [-0.2, -0.15) is 0 Å². The maximum absolute atomic E-state index is 13.3. The van der Waals surface area contributed by atoms with Gasteiger partial charge in [0, 0.05) is 12.6 Å². The summed E-state index contributed by atoms with van der Waals surface area (Å²) in [6, 6.07) is 17.4. The number of benzene rings is 2. The highest BCUT2D eigenvalue weighted by molar-refractivity contribution is 5.88. The van der Waals surface area contributed by atoms with Gasteiger partial charge in [0.05, 0.1) is 0 Å². The molecule has 32 heavy (non-hydrogen) atoms. The fraction of sp³-hybridized carbons (Fsp3) is 0.481. The maximum atomic E-state index is 13.3. The Labute approximate surface area is 192 Å². The summed E-state index contributed by atoms with van der Waals surface area (Å²) < 4.78 is 5.81. The van der Waals surface area contributed by atoms with Crippen LogP contribution in [0.4, 0.5) is 0 Å². The zero-order valence-electron chi connectivity index (χ0n) is 19.5. The second-order valence-electron chi connectivity index (χ2n) is 8.93. The Kier molecular flexibility index (Phi) is 8.72. The minimum Gasteiger partial charge on any atom is -0.484 e. The Balaban J connectivity index is 1.71. The zero-order chi connectivity index (χ0) is 22.9. The molecule has 5 nitrogen and oxygen atoms in total. The van der Waals surface area contributed by atoms with Crippen molar-refractivity contribution in [1.82, 2.24) is 10.2 Å². The molecule has 3 rings (SSSR count). The first-order chi connectivity index (χ1) is 15.5. The topological polar surface area (TPSA) is 58.6 Å². The lowest BCUT2D eigenvalue weighted by atomic mass is 10.0. The molecule has 2 amide bonds. The van der Waals surface area contributed by atoms with Crippen LogP contribution in [0.15, 0.2) is 54.6 Å². The van der Waals surface area contributed by atoms with E-state index in [4.69, 9.17) is 4.74 Å². The third kappa shape index (κ3) is 6.59. The van der Waals surface area contributed by atoms with E-state index < -0.39 is 6.04 Å². The number of hydrogen-bond acceptors (Lipinski definition) is 3. The molecule has 0 saturated heterocycles. The first kappa shape index (κ1) is 23.8. The van der Waals surface area contributed by atoms with Crippen LogP contribution in [0.2, 0.25) is 0 Å². The molecular formula is C27H36N2O3. The van der Waals surface area contributed by atoms with E-state index in [-0.39, 0.29) is 24.5 Å². The van der Waals surface area contributed by atoms with Gasteiger partial charge in [-0.15, -0.1) is 0 Å². The summed E-state index contributed by atoms with van der Waals surface area (Å²) in [5, 5.41) is 3.17. The van der Waals surface area contributed by atoms with Gasteiger partial charge in [0.15, 0.2) is 6.61 Å². The number of nitrogens with zero attached hydrogens (tertiary/aromatic N) is 1. The third-order valence-electron chi connectivity index (χ3n) is 6.19. The Hall–Kier alpha value is -2.82. The second kappa shape index (κ2) is 11.7. The first-order valence-corrected chi connectivity index (χ1v) is 11.8. The van der Waals surface area contributed by atoms with Crippen LogP contribution in [-0.4, -0.2) is 35.4 Å².